The van der Waals surface area contributed by atoms with Crippen LogP contribution in [0, 0.1) is 6.92 Å². The molecule has 0 spiro atoms. The maximum atomic E-state index is 13.4. The summed E-state index contributed by atoms with van der Waals surface area (Å²) >= 11 is 3.48. The normalized spacial score (nSPS) is 16.0. The number of carbonyl (C=O) groups is 1. The summed E-state index contributed by atoms with van der Waals surface area (Å²) in [6.45, 7) is 4.26. The van der Waals surface area contributed by atoms with Crippen molar-refractivity contribution in [2.45, 2.75) is 25.2 Å². The highest BCUT2D eigenvalue weighted by Crippen LogP contribution is 2.37. The van der Waals surface area contributed by atoms with Gasteiger partial charge in [0.2, 0.25) is 5.91 Å². The largest absolute Gasteiger partial charge is 0.491 e. The monoisotopic (exact) mass is 431 g/mol. The van der Waals surface area contributed by atoms with Crippen LogP contribution in [0.2, 0.25) is 0 Å². The molecule has 1 aliphatic rings. The van der Waals surface area contributed by atoms with E-state index < -0.39 is 5.41 Å². The number of likely N-dealkylation sites (N-methyl/N-ethyl adjacent to an activating group) is 1. The average molecular weight is 432 g/mol. The molecule has 144 valence electrons. The van der Waals surface area contributed by atoms with Crippen molar-refractivity contribution < 1.29 is 14.3 Å². The van der Waals surface area contributed by atoms with E-state index in [1.165, 1.54) is 0 Å². The van der Waals surface area contributed by atoms with Crippen molar-refractivity contribution in [2.24, 2.45) is 0 Å². The van der Waals surface area contributed by atoms with Gasteiger partial charge in [-0.05, 0) is 49.1 Å². The van der Waals surface area contributed by atoms with Crippen LogP contribution < -0.4 is 4.74 Å². The van der Waals surface area contributed by atoms with Crippen molar-refractivity contribution in [3.63, 3.8) is 0 Å². The van der Waals surface area contributed by atoms with Gasteiger partial charge >= 0.3 is 0 Å². The Morgan fingerprint density at radius 2 is 1.81 bits per heavy atom. The average Bonchev–Trinajstić information content (AvgIpc) is 2.70. The van der Waals surface area contributed by atoms with Crippen molar-refractivity contribution in [2.75, 3.05) is 33.4 Å². The van der Waals surface area contributed by atoms with E-state index >= 15 is 0 Å². The van der Waals surface area contributed by atoms with Crippen LogP contribution >= 0.6 is 15.9 Å². The van der Waals surface area contributed by atoms with Crippen LogP contribution in [-0.2, 0) is 14.9 Å². The molecule has 0 aliphatic carbocycles. The minimum absolute atomic E-state index is 0.140. The Balaban J connectivity index is 1.70. The summed E-state index contributed by atoms with van der Waals surface area (Å²) in [5, 5.41) is 0. The molecule has 1 heterocycles. The van der Waals surface area contributed by atoms with Crippen LogP contribution in [-0.4, -0.2) is 44.2 Å². The van der Waals surface area contributed by atoms with Crippen molar-refractivity contribution in [1.82, 2.24) is 4.90 Å². The number of para-hydroxylation sites is 1. The molecule has 0 aromatic heterocycles. The number of halogens is 1. The number of ether oxygens (including phenoxy) is 2. The fraction of sp³-hybridized carbons (Fsp3) is 0.409. The molecule has 0 saturated carbocycles. The number of benzene rings is 2. The Morgan fingerprint density at radius 1 is 1.15 bits per heavy atom. The zero-order valence-electron chi connectivity index (χ0n) is 15.9. The Bertz CT molecular complexity index is 769. The number of hydrogen-bond acceptors (Lipinski definition) is 3. The van der Waals surface area contributed by atoms with E-state index in [9.17, 15) is 4.79 Å². The van der Waals surface area contributed by atoms with E-state index in [-0.39, 0.29) is 5.91 Å². The first-order chi connectivity index (χ1) is 13.0. The van der Waals surface area contributed by atoms with Crippen LogP contribution in [0.1, 0.15) is 24.0 Å². The number of carbonyl (C=O) groups excluding carboxylic acids is 1. The SMILES string of the molecule is Cc1ccccc1OCCN(C)C(=O)C1(c2ccc(Br)cc2)CCOCC1. The predicted molar refractivity (Wildman–Crippen MR) is 110 cm³/mol. The first kappa shape index (κ1) is 19.9. The third-order valence-corrected chi connectivity index (χ3v) is 5.81. The van der Waals surface area contributed by atoms with Crippen LogP contribution in [0.5, 0.6) is 5.75 Å². The van der Waals surface area contributed by atoms with E-state index in [4.69, 9.17) is 9.47 Å². The molecule has 0 N–H and O–H groups in total. The lowest BCUT2D eigenvalue weighted by Gasteiger charge is -2.39. The molecular formula is C22H26BrNO3. The Labute approximate surface area is 169 Å². The zero-order valence-corrected chi connectivity index (χ0v) is 17.5. The molecule has 2 aromatic carbocycles. The second-order valence-corrected chi connectivity index (χ2v) is 7.96. The Hall–Kier alpha value is -1.85. The number of hydrogen-bond donors (Lipinski definition) is 0. The topological polar surface area (TPSA) is 38.8 Å². The summed E-state index contributed by atoms with van der Waals surface area (Å²) in [4.78, 5) is 15.2. The van der Waals surface area contributed by atoms with Crippen LogP contribution in [0.4, 0.5) is 0 Å². The fourth-order valence-corrected chi connectivity index (χ4v) is 3.86. The highest BCUT2D eigenvalue weighted by molar-refractivity contribution is 9.10. The maximum Gasteiger partial charge on any atom is 0.233 e. The number of nitrogens with zero attached hydrogens (tertiary/aromatic N) is 1. The van der Waals surface area contributed by atoms with Crippen molar-refractivity contribution in [3.8, 4) is 5.75 Å². The van der Waals surface area contributed by atoms with E-state index in [0.29, 0.717) is 39.2 Å². The molecular weight excluding hydrogens is 406 g/mol. The Morgan fingerprint density at radius 3 is 2.48 bits per heavy atom. The standard InChI is InChI=1S/C22H26BrNO3/c1-17-5-3-4-6-20(17)27-16-13-24(2)21(25)22(11-14-26-15-12-22)18-7-9-19(23)10-8-18/h3-10H,11-16H2,1-2H3. The maximum absolute atomic E-state index is 13.4. The highest BCUT2D eigenvalue weighted by Gasteiger charge is 2.43. The van der Waals surface area contributed by atoms with Gasteiger partial charge in [0.05, 0.1) is 12.0 Å². The smallest absolute Gasteiger partial charge is 0.233 e. The molecule has 27 heavy (non-hydrogen) atoms. The first-order valence-corrected chi connectivity index (χ1v) is 10.1. The quantitative estimate of drug-likeness (QED) is 0.682. The van der Waals surface area contributed by atoms with E-state index in [0.717, 1.165) is 21.3 Å². The summed E-state index contributed by atoms with van der Waals surface area (Å²) in [5.41, 5.74) is 1.64. The van der Waals surface area contributed by atoms with Gasteiger partial charge in [0, 0.05) is 24.7 Å². The molecule has 3 rings (SSSR count). The van der Waals surface area contributed by atoms with Gasteiger partial charge in [0.15, 0.2) is 0 Å². The summed E-state index contributed by atoms with van der Waals surface area (Å²) in [7, 11) is 1.86. The molecule has 0 atom stereocenters. The van der Waals surface area contributed by atoms with Crippen LogP contribution in [0.15, 0.2) is 53.0 Å². The molecule has 0 radical (unpaired) electrons. The van der Waals surface area contributed by atoms with E-state index in [1.54, 1.807) is 4.90 Å². The molecule has 4 nitrogen and oxygen atoms in total. The lowest BCUT2D eigenvalue weighted by Crippen LogP contribution is -2.49. The van der Waals surface area contributed by atoms with Crippen LogP contribution in [0.25, 0.3) is 0 Å². The van der Waals surface area contributed by atoms with Gasteiger partial charge < -0.3 is 14.4 Å². The second-order valence-electron chi connectivity index (χ2n) is 7.04. The van der Waals surface area contributed by atoms with Gasteiger partial charge in [0.1, 0.15) is 12.4 Å². The van der Waals surface area contributed by atoms with Crippen LogP contribution in [0.3, 0.4) is 0 Å². The van der Waals surface area contributed by atoms with Gasteiger partial charge in [-0.15, -0.1) is 0 Å². The van der Waals surface area contributed by atoms with E-state index in [1.807, 2.05) is 62.5 Å². The minimum atomic E-state index is -0.517. The minimum Gasteiger partial charge on any atom is -0.491 e. The van der Waals surface area contributed by atoms with E-state index in [2.05, 4.69) is 15.9 Å². The second kappa shape index (κ2) is 8.89. The highest BCUT2D eigenvalue weighted by atomic mass is 79.9. The molecule has 1 saturated heterocycles. The summed E-state index contributed by atoms with van der Waals surface area (Å²) in [6.07, 6.45) is 1.41. The third-order valence-electron chi connectivity index (χ3n) is 5.28. The zero-order chi connectivity index (χ0) is 19.3. The number of aryl methyl sites for hydroxylation is 1. The summed E-state index contributed by atoms with van der Waals surface area (Å²) < 4.78 is 12.4. The fourth-order valence-electron chi connectivity index (χ4n) is 3.59. The number of amides is 1. The molecule has 1 fully saturated rings. The molecule has 0 unspecified atom stereocenters. The van der Waals surface area contributed by atoms with Crippen molar-refractivity contribution in [3.05, 3.63) is 64.1 Å². The third kappa shape index (κ3) is 4.53. The van der Waals surface area contributed by atoms with Gasteiger partial charge in [-0.3, -0.25) is 4.79 Å². The van der Waals surface area contributed by atoms with Gasteiger partial charge in [-0.25, -0.2) is 0 Å². The van der Waals surface area contributed by atoms with Gasteiger partial charge in [0.25, 0.3) is 0 Å². The van der Waals surface area contributed by atoms with Gasteiger partial charge in [-0.1, -0.05) is 46.3 Å². The van der Waals surface area contributed by atoms with Crippen molar-refractivity contribution in [1.29, 1.82) is 0 Å². The summed E-state index contributed by atoms with van der Waals surface area (Å²) in [5.74, 6) is 1.01. The molecule has 1 amide bonds. The molecule has 2 aromatic rings. The molecule has 1 aliphatic heterocycles. The van der Waals surface area contributed by atoms with Gasteiger partial charge in [-0.2, -0.15) is 0 Å². The van der Waals surface area contributed by atoms with Crippen molar-refractivity contribution >= 4 is 21.8 Å². The molecule has 0 bridgehead atoms. The number of rotatable bonds is 6. The summed E-state index contributed by atoms with van der Waals surface area (Å²) in [6, 6.07) is 16.0. The lowest BCUT2D eigenvalue weighted by molar-refractivity contribution is -0.140. The predicted octanol–water partition coefficient (Wildman–Crippen LogP) is 4.34. The Kier molecular flexibility index (Phi) is 6.55. The first-order valence-electron chi connectivity index (χ1n) is 9.31. The lowest BCUT2D eigenvalue weighted by atomic mass is 9.73. The molecule has 5 heteroatoms.